The summed E-state index contributed by atoms with van der Waals surface area (Å²) < 4.78 is 23.8. The maximum Gasteiger partial charge on any atom is 0.351 e. The van der Waals surface area contributed by atoms with Crippen molar-refractivity contribution in [3.05, 3.63) is 34.3 Å². The van der Waals surface area contributed by atoms with Gasteiger partial charge in [0.2, 0.25) is 0 Å². The van der Waals surface area contributed by atoms with Gasteiger partial charge in [0.25, 0.3) is 0 Å². The van der Waals surface area contributed by atoms with E-state index in [1.54, 1.807) is 26.0 Å². The molecule has 17 heavy (non-hydrogen) atoms. The second-order valence-electron chi connectivity index (χ2n) is 3.37. The van der Waals surface area contributed by atoms with E-state index >= 15 is 0 Å². The summed E-state index contributed by atoms with van der Waals surface area (Å²) in [6.07, 6.45) is 0. The highest BCUT2D eigenvalue weighted by atomic mass is 79.9. The highest BCUT2D eigenvalue weighted by molar-refractivity contribution is 9.10. The molecule has 1 aromatic carbocycles. The van der Waals surface area contributed by atoms with E-state index in [4.69, 9.17) is 14.8 Å². The fraction of sp³-hybridized carbons (Fsp3) is 0.455. The Kier molecular flexibility index (Phi) is 5.83. The molecule has 1 atom stereocenters. The molecule has 0 saturated carbocycles. The van der Waals surface area contributed by atoms with Crippen molar-refractivity contribution in [1.82, 2.24) is 0 Å². The van der Waals surface area contributed by atoms with Gasteiger partial charge in [0.05, 0.1) is 13.2 Å². The van der Waals surface area contributed by atoms with Gasteiger partial charge in [0, 0.05) is 4.47 Å². The van der Waals surface area contributed by atoms with Crippen LogP contribution < -0.4 is 5.73 Å². The molecule has 0 bridgehead atoms. The first-order chi connectivity index (χ1) is 8.03. The van der Waals surface area contributed by atoms with Crippen LogP contribution in [0.25, 0.3) is 0 Å². The van der Waals surface area contributed by atoms with E-state index < -0.39 is 13.4 Å². The SMILES string of the molecule is CCOP(=O)(OCC)[C@@H](N)c1ccc(Br)cc1. The summed E-state index contributed by atoms with van der Waals surface area (Å²) in [5.41, 5.74) is 6.70. The van der Waals surface area contributed by atoms with Crippen LogP contribution in [-0.4, -0.2) is 13.2 Å². The van der Waals surface area contributed by atoms with E-state index in [-0.39, 0.29) is 0 Å². The molecule has 0 unspecified atom stereocenters. The lowest BCUT2D eigenvalue weighted by atomic mass is 10.2. The third-order valence-corrected chi connectivity index (χ3v) is 4.91. The standard InChI is InChI=1S/C11H17BrNO3P/c1-3-15-17(14,16-4-2)11(13)9-5-7-10(12)8-6-9/h5-8,11H,3-4,13H2,1-2H3/t11-/m1/s1. The van der Waals surface area contributed by atoms with Crippen LogP contribution in [-0.2, 0) is 13.6 Å². The second kappa shape index (κ2) is 6.66. The lowest BCUT2D eigenvalue weighted by Gasteiger charge is -2.23. The van der Waals surface area contributed by atoms with Gasteiger partial charge in [-0.1, -0.05) is 28.1 Å². The Morgan fingerprint density at radius 1 is 1.24 bits per heavy atom. The predicted octanol–water partition coefficient (Wildman–Crippen LogP) is 3.67. The van der Waals surface area contributed by atoms with Gasteiger partial charge in [-0.2, -0.15) is 0 Å². The average Bonchev–Trinajstić information content (AvgIpc) is 2.30. The first kappa shape index (κ1) is 14.9. The molecule has 0 heterocycles. The quantitative estimate of drug-likeness (QED) is 0.812. The van der Waals surface area contributed by atoms with Crippen molar-refractivity contribution in [2.45, 2.75) is 19.6 Å². The van der Waals surface area contributed by atoms with Gasteiger partial charge < -0.3 is 14.8 Å². The highest BCUT2D eigenvalue weighted by Gasteiger charge is 2.33. The molecule has 96 valence electrons. The van der Waals surface area contributed by atoms with Crippen LogP contribution in [0.1, 0.15) is 25.2 Å². The summed E-state index contributed by atoms with van der Waals surface area (Å²) >= 11 is 3.33. The van der Waals surface area contributed by atoms with E-state index in [0.717, 1.165) is 10.0 Å². The molecule has 0 radical (unpaired) electrons. The van der Waals surface area contributed by atoms with Crippen molar-refractivity contribution in [3.8, 4) is 0 Å². The van der Waals surface area contributed by atoms with Crippen molar-refractivity contribution in [3.63, 3.8) is 0 Å². The molecule has 0 spiro atoms. The molecule has 0 saturated heterocycles. The van der Waals surface area contributed by atoms with Crippen molar-refractivity contribution < 1.29 is 13.6 Å². The van der Waals surface area contributed by atoms with E-state index in [2.05, 4.69) is 15.9 Å². The van der Waals surface area contributed by atoms with Gasteiger partial charge in [0.15, 0.2) is 0 Å². The number of hydrogen-bond donors (Lipinski definition) is 1. The lowest BCUT2D eigenvalue weighted by molar-refractivity contribution is 0.212. The normalized spacial score (nSPS) is 13.6. The number of rotatable bonds is 6. The van der Waals surface area contributed by atoms with Crippen molar-refractivity contribution >= 4 is 23.5 Å². The fourth-order valence-electron chi connectivity index (χ4n) is 1.40. The minimum Gasteiger partial charge on any atom is -0.314 e. The minimum absolute atomic E-state index is 0.307. The Morgan fingerprint density at radius 3 is 2.12 bits per heavy atom. The van der Waals surface area contributed by atoms with Gasteiger partial charge in [-0.15, -0.1) is 0 Å². The topological polar surface area (TPSA) is 61.5 Å². The lowest BCUT2D eigenvalue weighted by Crippen LogP contribution is -2.14. The molecule has 1 aromatic rings. The van der Waals surface area contributed by atoms with Crippen LogP contribution in [0.5, 0.6) is 0 Å². The van der Waals surface area contributed by atoms with Crippen molar-refractivity contribution in [2.75, 3.05) is 13.2 Å². The van der Waals surface area contributed by atoms with E-state index in [9.17, 15) is 4.57 Å². The average molecular weight is 322 g/mol. The molecule has 0 aromatic heterocycles. The van der Waals surface area contributed by atoms with Gasteiger partial charge in [0.1, 0.15) is 5.78 Å². The molecule has 0 aliphatic rings. The van der Waals surface area contributed by atoms with Crippen LogP contribution in [0.2, 0.25) is 0 Å². The summed E-state index contributed by atoms with van der Waals surface area (Å²) in [6, 6.07) is 7.30. The summed E-state index contributed by atoms with van der Waals surface area (Å²) in [7, 11) is -3.28. The Morgan fingerprint density at radius 2 is 1.71 bits per heavy atom. The summed E-state index contributed by atoms with van der Waals surface area (Å²) in [5, 5.41) is 0. The number of hydrogen-bond acceptors (Lipinski definition) is 4. The smallest absolute Gasteiger partial charge is 0.314 e. The predicted molar refractivity (Wildman–Crippen MR) is 71.9 cm³/mol. The minimum atomic E-state index is -3.28. The third-order valence-electron chi connectivity index (χ3n) is 2.17. The maximum atomic E-state index is 12.4. The zero-order valence-electron chi connectivity index (χ0n) is 9.93. The molecule has 0 aliphatic carbocycles. The molecular weight excluding hydrogens is 305 g/mol. The fourth-order valence-corrected chi connectivity index (χ4v) is 3.32. The van der Waals surface area contributed by atoms with Crippen LogP contribution in [0, 0.1) is 0 Å². The van der Waals surface area contributed by atoms with E-state index in [1.165, 1.54) is 0 Å². The molecule has 4 nitrogen and oxygen atoms in total. The van der Waals surface area contributed by atoms with Crippen molar-refractivity contribution in [1.29, 1.82) is 0 Å². The summed E-state index contributed by atoms with van der Waals surface area (Å²) in [4.78, 5) is 0. The Bertz CT molecular complexity index is 386. The highest BCUT2D eigenvalue weighted by Crippen LogP contribution is 2.58. The first-order valence-electron chi connectivity index (χ1n) is 5.43. The molecular formula is C11H17BrNO3P. The molecule has 0 fully saturated rings. The van der Waals surface area contributed by atoms with Gasteiger partial charge in [-0.25, -0.2) is 0 Å². The van der Waals surface area contributed by atoms with Crippen molar-refractivity contribution in [2.24, 2.45) is 5.73 Å². The molecule has 0 amide bonds. The monoisotopic (exact) mass is 321 g/mol. The molecule has 2 N–H and O–H groups in total. The molecule has 1 rings (SSSR count). The van der Waals surface area contributed by atoms with E-state index in [1.807, 2.05) is 12.1 Å². The van der Waals surface area contributed by atoms with Crippen LogP contribution in [0.3, 0.4) is 0 Å². The van der Waals surface area contributed by atoms with Crippen LogP contribution in [0.15, 0.2) is 28.7 Å². The second-order valence-corrected chi connectivity index (χ2v) is 6.44. The van der Waals surface area contributed by atoms with Crippen LogP contribution >= 0.6 is 23.5 Å². The summed E-state index contributed by atoms with van der Waals surface area (Å²) in [6.45, 7) is 4.14. The zero-order chi connectivity index (χ0) is 12.9. The Balaban J connectivity index is 2.95. The largest absolute Gasteiger partial charge is 0.351 e. The molecule has 6 heteroatoms. The Hall–Kier alpha value is -0.190. The number of nitrogens with two attached hydrogens (primary N) is 1. The number of halogens is 1. The number of benzene rings is 1. The maximum absolute atomic E-state index is 12.4. The van der Waals surface area contributed by atoms with E-state index in [0.29, 0.717) is 13.2 Å². The first-order valence-corrected chi connectivity index (χ1v) is 7.83. The third kappa shape index (κ3) is 3.90. The van der Waals surface area contributed by atoms with Gasteiger partial charge in [-0.3, -0.25) is 4.57 Å². The summed E-state index contributed by atoms with van der Waals surface area (Å²) in [5.74, 6) is -0.754. The zero-order valence-corrected chi connectivity index (χ0v) is 12.4. The Labute approximate surface area is 110 Å². The van der Waals surface area contributed by atoms with Gasteiger partial charge >= 0.3 is 7.60 Å². The molecule has 0 aliphatic heterocycles. The van der Waals surface area contributed by atoms with Crippen LogP contribution in [0.4, 0.5) is 0 Å². The van der Waals surface area contributed by atoms with Gasteiger partial charge in [-0.05, 0) is 31.5 Å².